The van der Waals surface area contributed by atoms with Crippen molar-refractivity contribution in [2.24, 2.45) is 0 Å². The quantitative estimate of drug-likeness (QED) is 0.580. The molecule has 0 aromatic rings. The van der Waals surface area contributed by atoms with Crippen LogP contribution in [0.5, 0.6) is 0 Å². The fourth-order valence-electron chi connectivity index (χ4n) is 1.84. The van der Waals surface area contributed by atoms with Crippen LogP contribution in [-0.4, -0.2) is 12.5 Å². The minimum atomic E-state index is -1.51. The van der Waals surface area contributed by atoms with Crippen molar-refractivity contribution >= 4 is 5.91 Å². The highest BCUT2D eigenvalue weighted by molar-refractivity contribution is 5.75. The third kappa shape index (κ3) is 9.14. The first-order chi connectivity index (χ1) is 8.61. The van der Waals surface area contributed by atoms with Crippen LogP contribution in [0, 0.1) is 0 Å². The third-order valence-electron chi connectivity index (χ3n) is 2.95. The van der Waals surface area contributed by atoms with E-state index in [9.17, 15) is 13.6 Å². The topological polar surface area (TPSA) is 29.1 Å². The molecular weight excluding hydrogens is 236 g/mol. The van der Waals surface area contributed by atoms with Gasteiger partial charge in [0.2, 0.25) is 5.91 Å². The predicted molar refractivity (Wildman–Crippen MR) is 70.5 cm³/mol. The summed E-state index contributed by atoms with van der Waals surface area (Å²) in [6, 6.07) is 0. The lowest BCUT2D eigenvalue weighted by atomic mass is 10.0. The first kappa shape index (κ1) is 17.1. The van der Waals surface area contributed by atoms with Crippen LogP contribution in [-0.2, 0) is 4.79 Å². The number of unbranched alkanes of at least 4 members (excludes halogenated alkanes) is 4. The third-order valence-corrected chi connectivity index (χ3v) is 2.95. The number of halogens is 2. The lowest BCUT2D eigenvalue weighted by molar-refractivity contribution is -0.121. The molecule has 18 heavy (non-hydrogen) atoms. The molecule has 0 unspecified atom stereocenters. The minimum absolute atomic E-state index is 0.105. The van der Waals surface area contributed by atoms with E-state index in [1.165, 1.54) is 0 Å². The maximum Gasteiger partial charge on any atom is 0.269 e. The standard InChI is InChI=1S/C14H25F2NO/c1-3-12(14(15)16)10-8-6-5-7-9-11-13(18)17-4-2/h3-11H2,1-2H3,(H,17,18). The molecule has 0 aliphatic heterocycles. The van der Waals surface area contributed by atoms with Crippen molar-refractivity contribution in [2.45, 2.75) is 65.2 Å². The fraction of sp³-hybridized carbons (Fsp3) is 0.786. The van der Waals surface area contributed by atoms with Crippen molar-refractivity contribution in [3.63, 3.8) is 0 Å². The Hall–Kier alpha value is -0.930. The zero-order valence-electron chi connectivity index (χ0n) is 11.5. The van der Waals surface area contributed by atoms with Crippen LogP contribution in [0.3, 0.4) is 0 Å². The van der Waals surface area contributed by atoms with Gasteiger partial charge in [0, 0.05) is 13.0 Å². The Kier molecular flexibility index (Phi) is 10.6. The van der Waals surface area contributed by atoms with E-state index in [0.29, 0.717) is 25.8 Å². The zero-order chi connectivity index (χ0) is 13.8. The van der Waals surface area contributed by atoms with Crippen molar-refractivity contribution in [3.8, 4) is 0 Å². The summed E-state index contributed by atoms with van der Waals surface area (Å²) in [6.45, 7) is 4.35. The predicted octanol–water partition coefficient (Wildman–Crippen LogP) is 4.41. The largest absolute Gasteiger partial charge is 0.356 e. The second kappa shape index (κ2) is 11.2. The van der Waals surface area contributed by atoms with E-state index in [1.54, 1.807) is 6.92 Å². The van der Waals surface area contributed by atoms with Gasteiger partial charge in [-0.3, -0.25) is 4.79 Å². The van der Waals surface area contributed by atoms with Crippen molar-refractivity contribution in [1.82, 2.24) is 5.32 Å². The number of hydrogen-bond donors (Lipinski definition) is 1. The maximum absolute atomic E-state index is 12.3. The minimum Gasteiger partial charge on any atom is -0.356 e. The van der Waals surface area contributed by atoms with Gasteiger partial charge in [-0.2, -0.15) is 8.78 Å². The number of rotatable bonds is 10. The summed E-state index contributed by atoms with van der Waals surface area (Å²) in [4.78, 5) is 11.1. The zero-order valence-corrected chi connectivity index (χ0v) is 11.5. The molecule has 0 aromatic heterocycles. The molecule has 0 spiro atoms. The summed E-state index contributed by atoms with van der Waals surface area (Å²) in [6.07, 6.45) is 4.72. The summed E-state index contributed by atoms with van der Waals surface area (Å²) >= 11 is 0. The Morgan fingerprint density at radius 2 is 1.50 bits per heavy atom. The van der Waals surface area contributed by atoms with Gasteiger partial charge in [0.1, 0.15) is 0 Å². The number of nitrogens with one attached hydrogen (secondary N) is 1. The molecule has 0 aliphatic rings. The molecule has 4 heteroatoms. The molecule has 0 saturated heterocycles. The normalized spacial score (nSPS) is 10.2. The number of amides is 1. The highest BCUT2D eigenvalue weighted by Gasteiger charge is 2.03. The van der Waals surface area contributed by atoms with E-state index in [1.807, 2.05) is 6.92 Å². The van der Waals surface area contributed by atoms with Gasteiger partial charge in [-0.25, -0.2) is 0 Å². The Bertz CT molecular complexity index is 261. The maximum atomic E-state index is 12.3. The number of carbonyl (C=O) groups excluding carboxylic acids is 1. The van der Waals surface area contributed by atoms with Crippen molar-refractivity contribution in [1.29, 1.82) is 0 Å². The highest BCUT2D eigenvalue weighted by atomic mass is 19.3. The number of allylic oxidation sites excluding steroid dienone is 1. The molecule has 0 aromatic carbocycles. The van der Waals surface area contributed by atoms with E-state index in [0.717, 1.165) is 32.1 Å². The second-order valence-electron chi connectivity index (χ2n) is 4.44. The summed E-state index contributed by atoms with van der Waals surface area (Å²) in [7, 11) is 0. The molecule has 0 atom stereocenters. The molecule has 0 aliphatic carbocycles. The monoisotopic (exact) mass is 261 g/mol. The van der Waals surface area contributed by atoms with Gasteiger partial charge in [0.05, 0.1) is 0 Å². The Morgan fingerprint density at radius 1 is 0.944 bits per heavy atom. The smallest absolute Gasteiger partial charge is 0.269 e. The molecule has 0 fully saturated rings. The average molecular weight is 261 g/mol. The molecule has 2 nitrogen and oxygen atoms in total. The Morgan fingerprint density at radius 3 is 2.00 bits per heavy atom. The van der Waals surface area contributed by atoms with E-state index in [4.69, 9.17) is 0 Å². The van der Waals surface area contributed by atoms with Crippen LogP contribution in [0.15, 0.2) is 11.7 Å². The average Bonchev–Trinajstić information content (AvgIpc) is 2.32. The molecule has 0 bridgehead atoms. The molecule has 1 N–H and O–H groups in total. The lowest BCUT2D eigenvalue weighted by Gasteiger charge is -2.04. The van der Waals surface area contributed by atoms with Gasteiger partial charge >= 0.3 is 0 Å². The Labute approximate surface area is 109 Å². The van der Waals surface area contributed by atoms with Crippen LogP contribution in [0.1, 0.15) is 65.2 Å². The number of hydrogen-bond acceptors (Lipinski definition) is 1. The van der Waals surface area contributed by atoms with E-state index >= 15 is 0 Å². The first-order valence-electron chi connectivity index (χ1n) is 6.91. The van der Waals surface area contributed by atoms with Gasteiger partial charge in [-0.1, -0.05) is 26.2 Å². The summed E-state index contributed by atoms with van der Waals surface area (Å²) in [5.74, 6) is 0.105. The SMILES string of the molecule is CCNC(=O)CCCCCCCC(CC)=C(F)F. The lowest BCUT2D eigenvalue weighted by Crippen LogP contribution is -2.21. The van der Waals surface area contributed by atoms with Crippen LogP contribution >= 0.6 is 0 Å². The second-order valence-corrected chi connectivity index (χ2v) is 4.44. The molecule has 0 saturated carbocycles. The van der Waals surface area contributed by atoms with Gasteiger partial charge in [-0.05, 0) is 38.2 Å². The summed E-state index contributed by atoms with van der Waals surface area (Å²) in [5, 5.41) is 2.75. The Balaban J connectivity index is 3.41. The van der Waals surface area contributed by atoms with Crippen LogP contribution in [0.4, 0.5) is 8.78 Å². The van der Waals surface area contributed by atoms with Crippen molar-refractivity contribution in [2.75, 3.05) is 6.54 Å². The molecule has 0 rings (SSSR count). The molecule has 1 amide bonds. The van der Waals surface area contributed by atoms with Crippen LogP contribution in [0.25, 0.3) is 0 Å². The summed E-state index contributed by atoms with van der Waals surface area (Å²) in [5.41, 5.74) is 0.289. The van der Waals surface area contributed by atoms with Gasteiger partial charge in [0.25, 0.3) is 6.08 Å². The van der Waals surface area contributed by atoms with Crippen molar-refractivity contribution in [3.05, 3.63) is 11.7 Å². The van der Waals surface area contributed by atoms with E-state index < -0.39 is 6.08 Å². The van der Waals surface area contributed by atoms with Gasteiger partial charge in [0.15, 0.2) is 0 Å². The first-order valence-corrected chi connectivity index (χ1v) is 6.91. The molecule has 0 heterocycles. The van der Waals surface area contributed by atoms with Gasteiger partial charge in [-0.15, -0.1) is 0 Å². The highest BCUT2D eigenvalue weighted by Crippen LogP contribution is 2.19. The molecule has 106 valence electrons. The number of carbonyl (C=O) groups is 1. The van der Waals surface area contributed by atoms with Crippen molar-refractivity contribution < 1.29 is 13.6 Å². The van der Waals surface area contributed by atoms with Crippen LogP contribution in [0.2, 0.25) is 0 Å². The molecule has 0 radical (unpaired) electrons. The molecular formula is C14H25F2NO. The van der Waals surface area contributed by atoms with Crippen LogP contribution < -0.4 is 5.32 Å². The fourth-order valence-corrected chi connectivity index (χ4v) is 1.84. The van der Waals surface area contributed by atoms with E-state index in [-0.39, 0.29) is 11.5 Å². The van der Waals surface area contributed by atoms with E-state index in [2.05, 4.69) is 5.32 Å². The van der Waals surface area contributed by atoms with Gasteiger partial charge < -0.3 is 5.32 Å². The summed E-state index contributed by atoms with van der Waals surface area (Å²) < 4.78 is 24.7.